The van der Waals surface area contributed by atoms with Gasteiger partial charge in [0.1, 0.15) is 0 Å². The molecule has 0 spiro atoms. The van der Waals surface area contributed by atoms with Gasteiger partial charge in [-0.3, -0.25) is 0 Å². The number of hydrogen-bond acceptors (Lipinski definition) is 4. The van der Waals surface area contributed by atoms with E-state index in [4.69, 9.17) is 0 Å². The van der Waals surface area contributed by atoms with Gasteiger partial charge in [-0.05, 0) is 46.7 Å². The fraction of sp³-hybridized carbons (Fsp3) is 0.857. The van der Waals surface area contributed by atoms with Gasteiger partial charge in [0.2, 0.25) is 0 Å². The Morgan fingerprint density at radius 1 is 1.21 bits per heavy atom. The number of nitrogens with one attached hydrogen (secondary N) is 1. The summed E-state index contributed by atoms with van der Waals surface area (Å²) < 4.78 is 1.93. The lowest BCUT2D eigenvalue weighted by atomic mass is 10.1. The van der Waals surface area contributed by atoms with Crippen LogP contribution in [0.4, 0.5) is 0 Å². The van der Waals surface area contributed by atoms with Crippen LogP contribution in [0.3, 0.4) is 0 Å². The van der Waals surface area contributed by atoms with Crippen LogP contribution in [0.5, 0.6) is 0 Å². The van der Waals surface area contributed by atoms with Crippen LogP contribution >= 0.6 is 0 Å². The zero-order valence-electron chi connectivity index (χ0n) is 12.5. The van der Waals surface area contributed by atoms with Crippen molar-refractivity contribution in [1.82, 2.24) is 25.2 Å². The third-order valence-electron chi connectivity index (χ3n) is 3.59. The molecule has 1 fully saturated rings. The van der Waals surface area contributed by atoms with E-state index in [1.807, 2.05) is 10.9 Å². The highest BCUT2D eigenvalue weighted by Gasteiger charge is 2.14. The molecule has 0 radical (unpaired) electrons. The van der Waals surface area contributed by atoms with Crippen LogP contribution in [0.15, 0.2) is 6.20 Å². The Bertz CT molecular complexity index is 373. The lowest BCUT2D eigenvalue weighted by Crippen LogP contribution is -2.35. The summed E-state index contributed by atoms with van der Waals surface area (Å²) in [4.78, 5) is 2.54. The van der Waals surface area contributed by atoms with Crippen LogP contribution < -0.4 is 5.32 Å². The van der Waals surface area contributed by atoms with Crippen molar-refractivity contribution in [3.05, 3.63) is 11.9 Å². The van der Waals surface area contributed by atoms with Gasteiger partial charge in [0.15, 0.2) is 0 Å². The Labute approximate surface area is 116 Å². The molecule has 2 rings (SSSR count). The van der Waals surface area contributed by atoms with Crippen molar-refractivity contribution in [3.8, 4) is 0 Å². The summed E-state index contributed by atoms with van der Waals surface area (Å²) in [6.07, 6.45) is 6.16. The molecule has 0 aromatic carbocycles. The summed E-state index contributed by atoms with van der Waals surface area (Å²) in [6, 6.07) is 0. The van der Waals surface area contributed by atoms with Gasteiger partial charge in [-0.25, -0.2) is 4.68 Å². The summed E-state index contributed by atoms with van der Waals surface area (Å²) in [5, 5.41) is 11.8. The Kier molecular flexibility index (Phi) is 4.93. The highest BCUT2D eigenvalue weighted by Crippen LogP contribution is 2.11. The van der Waals surface area contributed by atoms with E-state index in [-0.39, 0.29) is 5.54 Å². The van der Waals surface area contributed by atoms with Crippen LogP contribution in [0.1, 0.15) is 45.7 Å². The Morgan fingerprint density at radius 3 is 2.58 bits per heavy atom. The van der Waals surface area contributed by atoms with Crippen molar-refractivity contribution < 1.29 is 0 Å². The summed E-state index contributed by atoms with van der Waals surface area (Å²) in [6.45, 7) is 11.9. The van der Waals surface area contributed by atoms with E-state index in [1.165, 1.54) is 32.4 Å². The van der Waals surface area contributed by atoms with Crippen LogP contribution in [-0.2, 0) is 12.1 Å². The molecule has 1 N–H and O–H groups in total. The van der Waals surface area contributed by atoms with Crippen LogP contribution in [-0.4, -0.2) is 46.1 Å². The van der Waals surface area contributed by atoms with E-state index in [0.29, 0.717) is 0 Å². The second kappa shape index (κ2) is 6.48. The van der Waals surface area contributed by atoms with Crippen molar-refractivity contribution in [2.75, 3.05) is 26.2 Å². The van der Waals surface area contributed by atoms with Gasteiger partial charge in [-0.15, -0.1) is 5.10 Å². The minimum atomic E-state index is 0.0129. The normalized spacial score (nSPS) is 17.8. The monoisotopic (exact) mass is 265 g/mol. The van der Waals surface area contributed by atoms with E-state index >= 15 is 0 Å². The van der Waals surface area contributed by atoms with Gasteiger partial charge >= 0.3 is 0 Å². The van der Waals surface area contributed by atoms with Crippen molar-refractivity contribution >= 4 is 0 Å². The molecule has 19 heavy (non-hydrogen) atoms. The topological polar surface area (TPSA) is 46.0 Å². The first-order valence-corrected chi connectivity index (χ1v) is 7.40. The maximum atomic E-state index is 4.20. The number of nitrogens with zero attached hydrogens (tertiary/aromatic N) is 4. The molecule has 1 aromatic rings. The van der Waals surface area contributed by atoms with E-state index in [2.05, 4.69) is 41.3 Å². The van der Waals surface area contributed by atoms with Gasteiger partial charge in [0.05, 0.1) is 17.4 Å². The third-order valence-corrected chi connectivity index (χ3v) is 3.59. The van der Waals surface area contributed by atoms with Crippen LogP contribution in [0, 0.1) is 0 Å². The van der Waals surface area contributed by atoms with Crippen molar-refractivity contribution in [1.29, 1.82) is 0 Å². The van der Waals surface area contributed by atoms with Gasteiger partial charge in [0.25, 0.3) is 0 Å². The van der Waals surface area contributed by atoms with Gasteiger partial charge in [-0.2, -0.15) is 0 Å². The number of rotatable bonds is 5. The predicted octanol–water partition coefficient (Wildman–Crippen LogP) is 1.61. The quantitative estimate of drug-likeness (QED) is 0.822. The molecule has 1 aliphatic heterocycles. The van der Waals surface area contributed by atoms with E-state index in [9.17, 15) is 0 Å². The number of likely N-dealkylation sites (tertiary alicyclic amines) is 1. The maximum absolute atomic E-state index is 4.20. The lowest BCUT2D eigenvalue weighted by Gasteiger charge is -2.26. The standard InChI is InChI=1S/C14H27N5/c1-14(2,3)19-12-13(16-17-19)11-15-7-10-18-8-5-4-6-9-18/h12,15H,4-11H2,1-3H3. The van der Waals surface area contributed by atoms with E-state index in [0.717, 1.165) is 25.3 Å². The first kappa shape index (κ1) is 14.5. The predicted molar refractivity (Wildman–Crippen MR) is 77.0 cm³/mol. The zero-order valence-corrected chi connectivity index (χ0v) is 12.5. The smallest absolute Gasteiger partial charge is 0.0965 e. The molecule has 0 atom stereocenters. The molecule has 1 aromatic heterocycles. The molecule has 0 bridgehead atoms. The minimum absolute atomic E-state index is 0.0129. The Hall–Kier alpha value is -0.940. The molecule has 5 heteroatoms. The Balaban J connectivity index is 1.66. The summed E-state index contributed by atoms with van der Waals surface area (Å²) >= 11 is 0. The molecule has 0 amide bonds. The van der Waals surface area contributed by atoms with Gasteiger partial charge in [-0.1, -0.05) is 11.6 Å². The van der Waals surface area contributed by atoms with Gasteiger partial charge < -0.3 is 10.2 Å². The van der Waals surface area contributed by atoms with Crippen molar-refractivity contribution in [2.45, 2.75) is 52.1 Å². The number of aromatic nitrogens is 3. The third kappa shape index (κ3) is 4.58. The first-order chi connectivity index (χ1) is 9.05. The summed E-state index contributed by atoms with van der Waals surface area (Å²) in [5.74, 6) is 0. The average molecular weight is 265 g/mol. The second-order valence-corrected chi connectivity index (χ2v) is 6.40. The fourth-order valence-electron chi connectivity index (χ4n) is 2.34. The van der Waals surface area contributed by atoms with Crippen molar-refractivity contribution in [2.24, 2.45) is 0 Å². The zero-order chi connectivity index (χ0) is 13.7. The first-order valence-electron chi connectivity index (χ1n) is 7.40. The number of piperidine rings is 1. The highest BCUT2D eigenvalue weighted by molar-refractivity contribution is 4.94. The molecule has 0 unspecified atom stereocenters. The van der Waals surface area contributed by atoms with Gasteiger partial charge in [0, 0.05) is 19.6 Å². The molecule has 2 heterocycles. The molecule has 1 aliphatic rings. The Morgan fingerprint density at radius 2 is 1.95 bits per heavy atom. The second-order valence-electron chi connectivity index (χ2n) is 6.40. The van der Waals surface area contributed by atoms with E-state index in [1.54, 1.807) is 0 Å². The molecule has 0 saturated carbocycles. The molecule has 5 nitrogen and oxygen atoms in total. The highest BCUT2D eigenvalue weighted by atomic mass is 15.4. The van der Waals surface area contributed by atoms with E-state index < -0.39 is 0 Å². The van der Waals surface area contributed by atoms with Crippen LogP contribution in [0.2, 0.25) is 0 Å². The molecule has 108 valence electrons. The SMILES string of the molecule is CC(C)(C)n1cc(CNCCN2CCCCC2)nn1. The largest absolute Gasteiger partial charge is 0.310 e. The van der Waals surface area contributed by atoms with Crippen molar-refractivity contribution in [3.63, 3.8) is 0 Å². The average Bonchev–Trinajstić information content (AvgIpc) is 2.85. The molecule has 0 aliphatic carbocycles. The minimum Gasteiger partial charge on any atom is -0.310 e. The molecule has 1 saturated heterocycles. The summed E-state index contributed by atoms with van der Waals surface area (Å²) in [5.41, 5.74) is 1.03. The molecular formula is C14H27N5. The van der Waals surface area contributed by atoms with Crippen LogP contribution in [0.25, 0.3) is 0 Å². The lowest BCUT2D eigenvalue weighted by molar-refractivity contribution is 0.229. The fourth-order valence-corrected chi connectivity index (χ4v) is 2.34. The summed E-state index contributed by atoms with van der Waals surface area (Å²) in [7, 11) is 0. The number of hydrogen-bond donors (Lipinski definition) is 1. The maximum Gasteiger partial charge on any atom is 0.0965 e. The molecular weight excluding hydrogens is 238 g/mol.